The number of aromatic hydroxyl groups is 1. The van der Waals surface area contributed by atoms with E-state index in [0.717, 1.165) is 0 Å². The van der Waals surface area contributed by atoms with E-state index in [2.05, 4.69) is 37.2 Å². The second-order valence-electron chi connectivity index (χ2n) is 6.74. The molecule has 31 heavy (non-hydrogen) atoms. The quantitative estimate of drug-likeness (QED) is 0.194. The van der Waals surface area contributed by atoms with Gasteiger partial charge in [0.15, 0.2) is 5.78 Å². The summed E-state index contributed by atoms with van der Waals surface area (Å²) in [4.78, 5) is 35.7. The van der Waals surface area contributed by atoms with Crippen LogP contribution in [0.15, 0.2) is 63.5 Å². The smallest absolute Gasteiger partial charge is 0.269 e. The molecule has 9 heteroatoms. The van der Waals surface area contributed by atoms with E-state index >= 15 is 0 Å². The number of phenols is 1. The van der Waals surface area contributed by atoms with Crippen molar-refractivity contribution >= 4 is 66.6 Å². The lowest BCUT2D eigenvalue weighted by atomic mass is 9.97. The number of rotatable bonds is 4. The number of fused-ring (bicyclic) bond motifs is 1. The van der Waals surface area contributed by atoms with E-state index in [-0.39, 0.29) is 23.1 Å². The molecule has 1 heterocycles. The molecule has 0 spiro atoms. The summed E-state index contributed by atoms with van der Waals surface area (Å²) >= 11 is 6.53. The van der Waals surface area contributed by atoms with Gasteiger partial charge in [-0.15, -0.1) is 0 Å². The van der Waals surface area contributed by atoms with Crippen molar-refractivity contribution in [1.82, 2.24) is 0 Å². The number of carbonyl (C=O) groups is 2. The van der Waals surface area contributed by atoms with Crippen molar-refractivity contribution in [3.63, 3.8) is 0 Å². The molecule has 3 aromatic rings. The zero-order valence-electron chi connectivity index (χ0n) is 15.6. The monoisotopic (exact) mass is 542 g/mol. The van der Waals surface area contributed by atoms with E-state index in [0.29, 0.717) is 42.5 Å². The summed E-state index contributed by atoms with van der Waals surface area (Å²) in [6, 6.07) is 13.6. The van der Waals surface area contributed by atoms with Gasteiger partial charge in [-0.25, -0.2) is 0 Å². The summed E-state index contributed by atoms with van der Waals surface area (Å²) in [6.45, 7) is 0. The predicted octanol–water partition coefficient (Wildman–Crippen LogP) is 5.55. The van der Waals surface area contributed by atoms with Crippen molar-refractivity contribution in [2.75, 3.05) is 5.32 Å². The lowest BCUT2D eigenvalue weighted by Gasteiger charge is -2.06. The first-order chi connectivity index (χ1) is 14.7. The maximum absolute atomic E-state index is 12.9. The zero-order chi connectivity index (χ0) is 22.3. The highest BCUT2D eigenvalue weighted by Crippen LogP contribution is 2.37. The number of carbonyl (C=O) groups excluding carboxylic acids is 2. The third-order valence-corrected chi connectivity index (χ3v) is 5.96. The summed E-state index contributed by atoms with van der Waals surface area (Å²) in [5, 5.41) is 23.5. The maximum Gasteiger partial charge on any atom is 0.269 e. The normalized spacial score (nSPS) is 13.7. The van der Waals surface area contributed by atoms with Crippen LogP contribution in [0.3, 0.4) is 0 Å². The van der Waals surface area contributed by atoms with Gasteiger partial charge < -0.3 is 10.4 Å². The molecule has 0 saturated heterocycles. The molecule has 0 radical (unpaired) electrons. The van der Waals surface area contributed by atoms with Crippen LogP contribution in [-0.4, -0.2) is 21.7 Å². The summed E-state index contributed by atoms with van der Waals surface area (Å²) < 4.78 is 0.934. The lowest BCUT2D eigenvalue weighted by molar-refractivity contribution is -0.384. The summed E-state index contributed by atoms with van der Waals surface area (Å²) in [6.07, 6.45) is 1.66. The fourth-order valence-corrected chi connectivity index (χ4v) is 4.43. The number of nitrogens with one attached hydrogen (secondary N) is 1. The van der Waals surface area contributed by atoms with Gasteiger partial charge in [0.25, 0.3) is 11.6 Å². The Hall–Kier alpha value is -3.30. The van der Waals surface area contributed by atoms with Gasteiger partial charge >= 0.3 is 0 Å². The fraction of sp³-hybridized carbons (Fsp3) is 0. The molecule has 2 N–H and O–H groups in total. The third-order valence-electron chi connectivity index (χ3n) is 4.76. The average Bonchev–Trinajstić information content (AvgIpc) is 3.05. The molecule has 0 atom stereocenters. The SMILES string of the molecule is O=C1Nc2ccc(C(=O)c3ccc([N+](=O)[O-])cc3)cc2/C1=C/c1cc(Br)c(O)c(Br)c1. The lowest BCUT2D eigenvalue weighted by Crippen LogP contribution is -2.03. The molecule has 0 unspecified atom stereocenters. The van der Waals surface area contributed by atoms with Crippen LogP contribution in [0.2, 0.25) is 0 Å². The topological polar surface area (TPSA) is 110 Å². The van der Waals surface area contributed by atoms with Gasteiger partial charge in [-0.05, 0) is 86.0 Å². The van der Waals surface area contributed by atoms with Gasteiger partial charge in [0.1, 0.15) is 5.75 Å². The summed E-state index contributed by atoms with van der Waals surface area (Å²) in [5.41, 5.74) is 2.74. The largest absolute Gasteiger partial charge is 0.506 e. The minimum atomic E-state index is -0.530. The first-order valence-corrected chi connectivity index (χ1v) is 10.5. The first-order valence-electron chi connectivity index (χ1n) is 8.89. The van der Waals surface area contributed by atoms with Gasteiger partial charge in [-0.3, -0.25) is 19.7 Å². The van der Waals surface area contributed by atoms with Crippen LogP contribution in [0.4, 0.5) is 11.4 Å². The molecule has 0 saturated carbocycles. The number of amides is 1. The van der Waals surface area contributed by atoms with Crippen LogP contribution >= 0.6 is 31.9 Å². The Labute approximate surface area is 192 Å². The van der Waals surface area contributed by atoms with Gasteiger partial charge in [0.2, 0.25) is 0 Å². The number of hydrogen-bond acceptors (Lipinski definition) is 5. The fourth-order valence-electron chi connectivity index (χ4n) is 3.21. The molecule has 154 valence electrons. The molecule has 3 aromatic carbocycles. The van der Waals surface area contributed by atoms with Gasteiger partial charge in [-0.2, -0.15) is 0 Å². The number of nitro benzene ring substituents is 1. The van der Waals surface area contributed by atoms with Gasteiger partial charge in [0.05, 0.1) is 13.9 Å². The van der Waals surface area contributed by atoms with E-state index in [4.69, 9.17) is 0 Å². The van der Waals surface area contributed by atoms with E-state index in [9.17, 15) is 24.8 Å². The van der Waals surface area contributed by atoms with Crippen LogP contribution in [0.25, 0.3) is 11.6 Å². The van der Waals surface area contributed by atoms with E-state index in [1.54, 1.807) is 36.4 Å². The van der Waals surface area contributed by atoms with Gasteiger partial charge in [0, 0.05) is 40.1 Å². The molecular weight excluding hydrogens is 532 g/mol. The number of nitrogens with zero attached hydrogens (tertiary/aromatic N) is 1. The Bertz CT molecular complexity index is 1280. The van der Waals surface area contributed by atoms with E-state index < -0.39 is 4.92 Å². The molecule has 4 rings (SSSR count). The summed E-state index contributed by atoms with van der Waals surface area (Å²) in [7, 11) is 0. The molecule has 1 aliphatic rings. The number of benzene rings is 3. The number of phenolic OH excluding ortho intramolecular Hbond substituents is 1. The number of non-ortho nitro benzene ring substituents is 1. The zero-order valence-corrected chi connectivity index (χ0v) is 18.7. The standard InChI is InChI=1S/C22H12Br2N2O5/c23-17-8-11(9-18(24)21(17)28)7-16-15-10-13(3-6-19(15)25-22(16)29)20(27)12-1-4-14(5-2-12)26(30)31/h1-10,28H,(H,25,29)/b16-7-. The minimum absolute atomic E-state index is 0.0504. The predicted molar refractivity (Wildman–Crippen MR) is 123 cm³/mol. The van der Waals surface area contributed by atoms with Crippen LogP contribution < -0.4 is 5.32 Å². The molecule has 1 amide bonds. The average molecular weight is 544 g/mol. The highest BCUT2D eigenvalue weighted by atomic mass is 79.9. The van der Waals surface area contributed by atoms with Crippen LogP contribution in [-0.2, 0) is 4.79 Å². The molecular formula is C22H12Br2N2O5. The Morgan fingerprint density at radius 3 is 2.23 bits per heavy atom. The molecule has 7 nitrogen and oxygen atoms in total. The Morgan fingerprint density at radius 1 is 1.00 bits per heavy atom. The minimum Gasteiger partial charge on any atom is -0.506 e. The summed E-state index contributed by atoms with van der Waals surface area (Å²) in [5.74, 6) is -0.573. The van der Waals surface area contributed by atoms with Crippen molar-refractivity contribution in [3.05, 3.63) is 95.9 Å². The second kappa shape index (κ2) is 8.09. The van der Waals surface area contributed by atoms with Crippen LogP contribution in [0.5, 0.6) is 5.75 Å². The molecule has 0 fully saturated rings. The van der Waals surface area contributed by atoms with Crippen molar-refractivity contribution in [3.8, 4) is 5.75 Å². The number of ketones is 1. The highest BCUT2D eigenvalue weighted by molar-refractivity contribution is 9.11. The molecule has 1 aliphatic heterocycles. The molecule has 0 aliphatic carbocycles. The highest BCUT2D eigenvalue weighted by Gasteiger charge is 2.26. The second-order valence-corrected chi connectivity index (χ2v) is 8.45. The van der Waals surface area contributed by atoms with E-state index in [1.165, 1.54) is 24.3 Å². The maximum atomic E-state index is 12.9. The van der Waals surface area contributed by atoms with E-state index in [1.807, 2.05) is 0 Å². The third kappa shape index (κ3) is 4.01. The Balaban J connectivity index is 1.72. The number of anilines is 1. The van der Waals surface area contributed by atoms with Crippen molar-refractivity contribution in [2.24, 2.45) is 0 Å². The number of hydrogen-bond donors (Lipinski definition) is 2. The van der Waals surface area contributed by atoms with Crippen molar-refractivity contribution in [1.29, 1.82) is 0 Å². The Morgan fingerprint density at radius 2 is 1.61 bits per heavy atom. The van der Waals surface area contributed by atoms with Crippen molar-refractivity contribution in [2.45, 2.75) is 0 Å². The number of nitro groups is 1. The van der Waals surface area contributed by atoms with Crippen molar-refractivity contribution < 1.29 is 19.6 Å². The molecule has 0 aromatic heterocycles. The molecule has 0 bridgehead atoms. The van der Waals surface area contributed by atoms with Crippen LogP contribution in [0.1, 0.15) is 27.0 Å². The van der Waals surface area contributed by atoms with Gasteiger partial charge in [-0.1, -0.05) is 0 Å². The first kappa shape index (κ1) is 21.0. The Kier molecular flexibility index (Phi) is 5.47. The van der Waals surface area contributed by atoms with Crippen LogP contribution in [0, 0.1) is 10.1 Å². The number of halogens is 2.